The summed E-state index contributed by atoms with van der Waals surface area (Å²) in [6, 6.07) is 20.5. The number of sulfone groups is 1. The van der Waals surface area contributed by atoms with Crippen molar-refractivity contribution in [1.82, 2.24) is 10.6 Å². The summed E-state index contributed by atoms with van der Waals surface area (Å²) in [6.07, 6.45) is -1.77. The first-order valence-corrected chi connectivity index (χ1v) is 17.5. The van der Waals surface area contributed by atoms with Gasteiger partial charge in [-0.15, -0.1) is 0 Å². The maximum atomic E-state index is 13.6. The second-order valence-electron chi connectivity index (χ2n) is 12.5. The summed E-state index contributed by atoms with van der Waals surface area (Å²) in [5.74, 6) is 0.276. The van der Waals surface area contributed by atoms with Crippen molar-refractivity contribution in [3.63, 3.8) is 0 Å². The van der Waals surface area contributed by atoms with Crippen LogP contribution in [0.15, 0.2) is 77.7 Å². The number of hydrogen-bond donors (Lipinski definition) is 4. The van der Waals surface area contributed by atoms with Crippen LogP contribution in [0.3, 0.4) is 0 Å². The minimum atomic E-state index is -3.88. The number of amides is 1. The predicted octanol–water partition coefficient (Wildman–Crippen LogP) is 4.08. The highest BCUT2D eigenvalue weighted by molar-refractivity contribution is 7.92. The van der Waals surface area contributed by atoms with E-state index >= 15 is 0 Å². The molecule has 3 aromatic carbocycles. The zero-order valence-electron chi connectivity index (χ0n) is 26.9. The normalized spacial score (nSPS) is 21.2. The van der Waals surface area contributed by atoms with E-state index in [1.807, 2.05) is 54.6 Å². The average Bonchev–Trinajstić information content (AvgIpc) is 3.67. The lowest BCUT2D eigenvalue weighted by Gasteiger charge is -2.29. The number of ether oxygens (including phenoxy) is 4. The van der Waals surface area contributed by atoms with Gasteiger partial charge in [0, 0.05) is 6.54 Å². The number of aromatic hydroxyl groups is 1. The molecule has 1 unspecified atom stereocenters. The summed E-state index contributed by atoms with van der Waals surface area (Å²) < 4.78 is 49.9. The highest BCUT2D eigenvalue weighted by Gasteiger charge is 2.44. The van der Waals surface area contributed by atoms with Gasteiger partial charge in [-0.25, -0.2) is 13.2 Å². The van der Waals surface area contributed by atoms with Crippen LogP contribution in [0.5, 0.6) is 11.5 Å². The Morgan fingerprint density at radius 3 is 2.47 bits per heavy atom. The fourth-order valence-corrected chi connectivity index (χ4v) is 7.83. The fourth-order valence-electron chi connectivity index (χ4n) is 5.90. The van der Waals surface area contributed by atoms with E-state index in [0.717, 1.165) is 17.5 Å². The summed E-state index contributed by atoms with van der Waals surface area (Å²) in [6.45, 7) is 6.23. The van der Waals surface area contributed by atoms with Gasteiger partial charge in [0.05, 0.1) is 36.2 Å². The minimum absolute atomic E-state index is 0.00478. The number of carbonyl (C=O) groups excluding carboxylic acids is 1. The Morgan fingerprint density at radius 2 is 1.77 bits per heavy atom. The number of alkyl carbamates (subject to hydrolysis) is 1. The number of phenolic OH excluding ortho intramolecular Hbond substituents is 1. The first-order chi connectivity index (χ1) is 22.5. The average molecular weight is 669 g/mol. The smallest absolute Gasteiger partial charge is 0.407 e. The second kappa shape index (κ2) is 15.5. The summed E-state index contributed by atoms with van der Waals surface area (Å²) in [5.41, 5.74) is 2.30. The highest BCUT2D eigenvalue weighted by atomic mass is 32.2. The molecule has 6 atom stereocenters. The van der Waals surface area contributed by atoms with Crippen molar-refractivity contribution in [3.05, 3.63) is 89.5 Å². The Labute approximate surface area is 276 Å². The van der Waals surface area contributed by atoms with Gasteiger partial charge in [-0.3, -0.25) is 5.32 Å². The van der Waals surface area contributed by atoms with E-state index in [1.165, 1.54) is 18.2 Å². The number of phenols is 1. The second-order valence-corrected chi connectivity index (χ2v) is 14.5. The van der Waals surface area contributed by atoms with Crippen molar-refractivity contribution in [2.75, 3.05) is 19.8 Å². The van der Waals surface area contributed by atoms with Crippen LogP contribution in [0.1, 0.15) is 37.0 Å². The molecule has 2 fully saturated rings. The summed E-state index contributed by atoms with van der Waals surface area (Å²) in [7, 11) is -3.88. The molecule has 0 aromatic heterocycles. The lowest BCUT2D eigenvalue weighted by Crippen LogP contribution is -2.52. The van der Waals surface area contributed by atoms with Gasteiger partial charge in [-0.2, -0.15) is 0 Å². The van der Waals surface area contributed by atoms with Crippen molar-refractivity contribution in [1.29, 1.82) is 0 Å². The molecule has 1 amide bonds. The van der Waals surface area contributed by atoms with Crippen LogP contribution < -0.4 is 15.4 Å². The Kier molecular flexibility index (Phi) is 11.4. The van der Waals surface area contributed by atoms with Crippen molar-refractivity contribution < 1.29 is 42.4 Å². The molecule has 0 bridgehead atoms. The van der Waals surface area contributed by atoms with Crippen LogP contribution >= 0.6 is 0 Å². The molecule has 11 nitrogen and oxygen atoms in total. The molecule has 2 heterocycles. The van der Waals surface area contributed by atoms with Crippen LogP contribution in [0.4, 0.5) is 4.79 Å². The summed E-state index contributed by atoms with van der Waals surface area (Å²) >= 11 is 0. The van der Waals surface area contributed by atoms with Crippen molar-refractivity contribution in [3.8, 4) is 11.5 Å². The molecule has 0 spiro atoms. The first-order valence-electron chi connectivity index (χ1n) is 15.9. The maximum absolute atomic E-state index is 13.6. The van der Waals surface area contributed by atoms with Crippen LogP contribution in [-0.4, -0.2) is 74.4 Å². The third kappa shape index (κ3) is 8.82. The van der Waals surface area contributed by atoms with E-state index in [2.05, 4.69) is 10.6 Å². The Bertz CT molecular complexity index is 1580. The molecule has 4 N–H and O–H groups in total. The molecule has 0 aliphatic carbocycles. The van der Waals surface area contributed by atoms with Gasteiger partial charge >= 0.3 is 6.09 Å². The van der Waals surface area contributed by atoms with Crippen molar-refractivity contribution in [2.45, 2.75) is 75.0 Å². The SMILES string of the molecule is Cc1cc(S(=O)(=O)C(NC[C@@H](O)[C@H](Cc2ccc(OCc3ccccc3)cc2)NC(=O)O[C@H]2CO[C@H]3OCC[C@H]32)C(C)C)ccc1O. The topological polar surface area (TPSA) is 153 Å². The van der Waals surface area contributed by atoms with Crippen molar-refractivity contribution >= 4 is 15.9 Å². The third-order valence-electron chi connectivity index (χ3n) is 8.60. The molecule has 47 heavy (non-hydrogen) atoms. The van der Waals surface area contributed by atoms with Crippen molar-refractivity contribution in [2.24, 2.45) is 11.8 Å². The molecular weight excluding hydrogens is 624 g/mol. The minimum Gasteiger partial charge on any atom is -0.508 e. The van der Waals surface area contributed by atoms with Gasteiger partial charge in [-0.1, -0.05) is 56.3 Å². The molecule has 0 radical (unpaired) electrons. The summed E-state index contributed by atoms with van der Waals surface area (Å²) in [4.78, 5) is 13.2. The highest BCUT2D eigenvalue weighted by Crippen LogP contribution is 2.33. The predicted molar refractivity (Wildman–Crippen MR) is 175 cm³/mol. The lowest BCUT2D eigenvalue weighted by molar-refractivity contribution is -0.0907. The van der Waals surface area contributed by atoms with Crippen LogP contribution in [0.2, 0.25) is 0 Å². The van der Waals surface area contributed by atoms with Gasteiger partial charge < -0.3 is 34.5 Å². The van der Waals surface area contributed by atoms with Gasteiger partial charge in [0.2, 0.25) is 0 Å². The number of carbonyl (C=O) groups is 1. The number of aliphatic hydroxyl groups is 1. The molecule has 254 valence electrons. The number of benzene rings is 3. The van der Waals surface area contributed by atoms with E-state index in [-0.39, 0.29) is 48.3 Å². The monoisotopic (exact) mass is 668 g/mol. The first kappa shape index (κ1) is 34.6. The molecule has 0 saturated carbocycles. The number of nitrogens with one attached hydrogen (secondary N) is 2. The molecule has 5 rings (SSSR count). The molecule has 12 heteroatoms. The molecule has 2 aliphatic heterocycles. The number of aryl methyl sites for hydroxylation is 1. The molecule has 3 aromatic rings. The van der Waals surface area contributed by atoms with E-state index in [0.29, 0.717) is 24.5 Å². The van der Waals surface area contributed by atoms with E-state index < -0.39 is 39.6 Å². The van der Waals surface area contributed by atoms with E-state index in [9.17, 15) is 23.4 Å². The number of hydrogen-bond acceptors (Lipinski definition) is 10. The molecule has 2 saturated heterocycles. The lowest BCUT2D eigenvalue weighted by atomic mass is 10.0. The zero-order valence-corrected chi connectivity index (χ0v) is 27.7. The quantitative estimate of drug-likeness (QED) is 0.198. The van der Waals surface area contributed by atoms with Gasteiger partial charge in [0.25, 0.3) is 0 Å². The van der Waals surface area contributed by atoms with E-state index in [1.54, 1.807) is 20.8 Å². The summed E-state index contributed by atoms with van der Waals surface area (Å²) in [5, 5.41) is 26.1. The standard InChI is InChI=1S/C35H44N2O9S/c1-22(2)33(47(41,42)27-13-14-30(38)23(3)17-27)36-19-31(39)29(37-35(40)46-32-21-45-34-28(32)15-16-43-34)18-24-9-11-26(12-10-24)44-20-25-7-5-4-6-8-25/h4-14,17,22,28-29,31-34,36,38-39H,15-16,18-21H2,1-3H3,(H,37,40)/t28-,29-,31+,32-,33?,34+/m0/s1. The van der Waals surface area contributed by atoms with Crippen LogP contribution in [-0.2, 0) is 37.1 Å². The van der Waals surface area contributed by atoms with Gasteiger partial charge in [0.1, 0.15) is 29.6 Å². The number of rotatable bonds is 14. The van der Waals surface area contributed by atoms with E-state index in [4.69, 9.17) is 18.9 Å². The Hall–Kier alpha value is -3.68. The molecular formula is C35H44N2O9S. The zero-order chi connectivity index (χ0) is 33.6. The Balaban J connectivity index is 1.27. The van der Waals surface area contributed by atoms with Gasteiger partial charge in [0.15, 0.2) is 16.1 Å². The largest absolute Gasteiger partial charge is 0.508 e. The molecule has 2 aliphatic rings. The van der Waals surface area contributed by atoms with Gasteiger partial charge in [-0.05, 0) is 72.7 Å². The van der Waals surface area contributed by atoms with Crippen LogP contribution in [0, 0.1) is 18.8 Å². The Morgan fingerprint density at radius 1 is 1.02 bits per heavy atom. The number of aliphatic hydroxyl groups excluding tert-OH is 1. The maximum Gasteiger partial charge on any atom is 0.407 e. The number of fused-ring (bicyclic) bond motifs is 1. The van der Waals surface area contributed by atoms with Crippen LogP contribution in [0.25, 0.3) is 0 Å². The third-order valence-corrected chi connectivity index (χ3v) is 10.9. The fraction of sp³-hybridized carbons (Fsp3) is 0.457.